The summed E-state index contributed by atoms with van der Waals surface area (Å²) in [5.74, 6) is 1.67. The van der Waals surface area contributed by atoms with Crippen LogP contribution < -0.4 is 0 Å². The molecule has 0 atom stereocenters. The molecule has 0 aromatic heterocycles. The summed E-state index contributed by atoms with van der Waals surface area (Å²) in [6.07, 6.45) is 4.57. The van der Waals surface area contributed by atoms with E-state index in [4.69, 9.17) is 0 Å². The van der Waals surface area contributed by atoms with Gasteiger partial charge in [0.2, 0.25) is 5.78 Å². The third-order valence-corrected chi connectivity index (χ3v) is 0.203. The number of carbonyl (C=O) groups excluding carboxylic acids is 1. The standard InChI is InChI=1S/C4H4O.H2/c1-3-4(2)5;/h1H,2H3;1H/i;1+1. The average Bonchev–Trinajstić information content (AvgIpc) is 1.38. The molecule has 1 nitrogen and oxygen atoms in total. The van der Waals surface area contributed by atoms with Crippen LogP contribution >= 0.6 is 0 Å². The third kappa shape index (κ3) is 3.23. The van der Waals surface area contributed by atoms with Gasteiger partial charge in [-0.15, -0.1) is 6.42 Å². The molecule has 0 aliphatic rings. The van der Waals surface area contributed by atoms with Crippen molar-refractivity contribution in [2.45, 2.75) is 6.92 Å². The van der Waals surface area contributed by atoms with Crippen LogP contribution in [0.3, 0.4) is 0 Å². The molecule has 5 heavy (non-hydrogen) atoms. The van der Waals surface area contributed by atoms with Gasteiger partial charge in [-0.2, -0.15) is 0 Å². The molecule has 0 saturated carbocycles. The number of Topliss-reactive ketones (excluding diaryl/α,β-unsaturated/α-hetero) is 1. The summed E-state index contributed by atoms with van der Waals surface area (Å²) in [7, 11) is 0. The molecular formula is C4H6O. The lowest BCUT2D eigenvalue weighted by Gasteiger charge is -1.58. The van der Waals surface area contributed by atoms with E-state index in [1.54, 1.807) is 0 Å². The molecule has 0 aliphatic carbocycles. The Morgan fingerprint density at radius 1 is 2.20 bits per heavy atom. The highest BCUT2D eigenvalue weighted by atomic mass is 16.1. The van der Waals surface area contributed by atoms with Crippen molar-refractivity contribution >= 4 is 5.78 Å². The molecule has 0 heterocycles. The third-order valence-electron chi connectivity index (χ3n) is 0.203. The van der Waals surface area contributed by atoms with Gasteiger partial charge in [0.15, 0.2) is 0 Å². The minimum Gasteiger partial charge on any atom is -0.285 e. The molecule has 0 unspecified atom stereocenters. The van der Waals surface area contributed by atoms with Gasteiger partial charge in [-0.05, 0) is 5.92 Å². The number of ketones is 1. The number of terminal acetylenes is 1. The smallest absolute Gasteiger partial charge is 0.202 e. The molecule has 0 radical (unpaired) electrons. The second-order valence-electron chi connectivity index (χ2n) is 0.701. The van der Waals surface area contributed by atoms with Gasteiger partial charge in [0, 0.05) is 8.35 Å². The summed E-state index contributed by atoms with van der Waals surface area (Å²) in [5, 5.41) is 0. The molecule has 0 amide bonds. The Hall–Kier alpha value is -0.770. The summed E-state index contributed by atoms with van der Waals surface area (Å²) in [6.45, 7) is 1.35. The van der Waals surface area contributed by atoms with E-state index in [2.05, 4.69) is 6.42 Å². The van der Waals surface area contributed by atoms with Gasteiger partial charge in [-0.3, -0.25) is 4.79 Å². The zero-order chi connectivity index (χ0) is 4.28. The van der Waals surface area contributed by atoms with E-state index in [9.17, 15) is 4.79 Å². The van der Waals surface area contributed by atoms with Crippen LogP contribution in [0.15, 0.2) is 0 Å². The fraction of sp³-hybridized carbons (Fsp3) is 0.250. The first-order valence-electron chi connectivity index (χ1n) is 1.24. The molecule has 1 heteroatoms. The molecule has 0 spiro atoms. The van der Waals surface area contributed by atoms with Gasteiger partial charge in [-0.1, -0.05) is 0 Å². The van der Waals surface area contributed by atoms with Crippen molar-refractivity contribution in [2.24, 2.45) is 0 Å². The maximum Gasteiger partial charge on any atom is 0.202 e. The summed E-state index contributed by atoms with van der Waals surface area (Å²) in [6, 6.07) is 0. The number of hydrogen-bond donors (Lipinski definition) is 0. The quantitative estimate of drug-likeness (QED) is 0.299. The maximum absolute atomic E-state index is 9.58. The van der Waals surface area contributed by atoms with Crippen LogP contribution in [0.1, 0.15) is 8.35 Å². The first-order valence-corrected chi connectivity index (χ1v) is 1.24. The Labute approximate surface area is 32.5 Å². The number of rotatable bonds is 0. The lowest BCUT2D eigenvalue weighted by molar-refractivity contribution is -0.111. The van der Waals surface area contributed by atoms with Crippen LogP contribution in [0.5, 0.6) is 0 Å². The van der Waals surface area contributed by atoms with Gasteiger partial charge in [-0.25, -0.2) is 0 Å². The topological polar surface area (TPSA) is 17.1 Å². The van der Waals surface area contributed by atoms with Crippen molar-refractivity contribution in [3.8, 4) is 12.3 Å². The minimum atomic E-state index is -0.218. The number of carbonyl (C=O) groups is 1. The van der Waals surface area contributed by atoms with Crippen molar-refractivity contribution in [3.05, 3.63) is 0 Å². The van der Waals surface area contributed by atoms with Gasteiger partial charge in [0.25, 0.3) is 0 Å². The van der Waals surface area contributed by atoms with Crippen LogP contribution in [0, 0.1) is 12.3 Å². The molecule has 0 saturated heterocycles. The van der Waals surface area contributed by atoms with Crippen molar-refractivity contribution < 1.29 is 6.22 Å². The van der Waals surface area contributed by atoms with E-state index in [0.717, 1.165) is 0 Å². The first kappa shape index (κ1) is 4.23. The SMILES string of the molecule is C#CC(C)=O.[2HH]. The van der Waals surface area contributed by atoms with Gasteiger partial charge >= 0.3 is 0 Å². The van der Waals surface area contributed by atoms with E-state index >= 15 is 0 Å². The van der Waals surface area contributed by atoms with Crippen molar-refractivity contribution in [1.29, 1.82) is 0 Å². The Bertz CT molecular complexity index is 80.0. The zero-order valence-electron chi connectivity index (χ0n) is 2.99. The molecule has 0 N–H and O–H groups in total. The summed E-state index contributed by atoms with van der Waals surface area (Å²) in [5.41, 5.74) is 0. The summed E-state index contributed by atoms with van der Waals surface area (Å²) >= 11 is 0. The van der Waals surface area contributed by atoms with E-state index in [1.807, 2.05) is 5.92 Å². The molecule has 0 fully saturated rings. The van der Waals surface area contributed by atoms with Crippen LogP contribution in [-0.2, 0) is 4.79 Å². The molecule has 0 aromatic rings. The summed E-state index contributed by atoms with van der Waals surface area (Å²) < 4.78 is 0. The fourth-order valence-electron chi connectivity index (χ4n) is 0. The molecule has 0 aliphatic heterocycles. The fourth-order valence-corrected chi connectivity index (χ4v) is 0. The lowest BCUT2D eigenvalue weighted by Crippen LogP contribution is -1.75. The van der Waals surface area contributed by atoms with E-state index in [0.29, 0.717) is 0 Å². The second-order valence-corrected chi connectivity index (χ2v) is 0.701. The van der Waals surface area contributed by atoms with E-state index < -0.39 is 0 Å². The van der Waals surface area contributed by atoms with Crippen LogP contribution in [0.4, 0.5) is 0 Å². The van der Waals surface area contributed by atoms with Crippen molar-refractivity contribution in [3.63, 3.8) is 0 Å². The predicted octanol–water partition coefficient (Wildman–Crippen LogP) is 0.455. The van der Waals surface area contributed by atoms with E-state index in [-0.39, 0.29) is 7.21 Å². The lowest BCUT2D eigenvalue weighted by atomic mass is 10.5. The van der Waals surface area contributed by atoms with Crippen molar-refractivity contribution in [1.82, 2.24) is 0 Å². The van der Waals surface area contributed by atoms with Gasteiger partial charge in [0.1, 0.15) is 0 Å². The van der Waals surface area contributed by atoms with E-state index in [1.165, 1.54) is 6.92 Å². The predicted molar refractivity (Wildman–Crippen MR) is 21.6 cm³/mol. The maximum atomic E-state index is 9.58. The van der Waals surface area contributed by atoms with Crippen molar-refractivity contribution in [2.75, 3.05) is 0 Å². The Morgan fingerprint density at radius 2 is 2.40 bits per heavy atom. The summed E-state index contributed by atoms with van der Waals surface area (Å²) in [4.78, 5) is 9.58. The second kappa shape index (κ2) is 1.54. The minimum absolute atomic E-state index is 0. The monoisotopic (exact) mass is 71.0 g/mol. The molecule has 28 valence electrons. The van der Waals surface area contributed by atoms with Gasteiger partial charge in [0.05, 0.1) is 0 Å². The normalized spacial score (nSPS) is 5.60. The van der Waals surface area contributed by atoms with Gasteiger partial charge < -0.3 is 0 Å². The zero-order valence-corrected chi connectivity index (χ0v) is 2.99. The molecular weight excluding hydrogens is 64.0 g/mol. The molecule has 0 aromatic carbocycles. The molecule has 0 bridgehead atoms. The molecule has 0 rings (SSSR count). The largest absolute Gasteiger partial charge is 0.285 e. The first-order chi connectivity index (χ1) is 2.27. The highest BCUT2D eigenvalue weighted by molar-refractivity contribution is 5.92. The van der Waals surface area contributed by atoms with Crippen LogP contribution in [-0.4, -0.2) is 5.78 Å². The Morgan fingerprint density at radius 3 is 2.40 bits per heavy atom. The Balaban J connectivity index is 0. The Kier molecular flexibility index (Phi) is 1.30. The number of hydrogen-bond acceptors (Lipinski definition) is 1. The van der Waals surface area contributed by atoms with Crippen LogP contribution in [0.2, 0.25) is 0 Å². The highest BCUT2D eigenvalue weighted by Gasteiger charge is 1.70. The van der Waals surface area contributed by atoms with Crippen LogP contribution in [0.25, 0.3) is 0 Å². The average molecular weight is 71.1 g/mol. The highest BCUT2D eigenvalue weighted by Crippen LogP contribution is 1.52.